The summed E-state index contributed by atoms with van der Waals surface area (Å²) in [4.78, 5) is 24.2. The number of hydrogen-bond donors (Lipinski definition) is 3. The molecule has 1 aliphatic rings. The van der Waals surface area contributed by atoms with Gasteiger partial charge in [-0.05, 0) is 48.2 Å². The summed E-state index contributed by atoms with van der Waals surface area (Å²) in [6, 6.07) is 12.4. The second kappa shape index (κ2) is 13.6. The van der Waals surface area contributed by atoms with Crippen molar-refractivity contribution in [3.63, 3.8) is 0 Å². The Morgan fingerprint density at radius 3 is 1.83 bits per heavy atom. The Balaban J connectivity index is 0.000000383. The number of rotatable bonds is 5. The van der Waals surface area contributed by atoms with E-state index >= 15 is 0 Å². The number of carbonyl (C=O) groups is 2. The lowest BCUT2D eigenvalue weighted by Gasteiger charge is -2.26. The summed E-state index contributed by atoms with van der Waals surface area (Å²) in [6.07, 6.45) is -5.10. The lowest BCUT2D eigenvalue weighted by atomic mass is 10.0. The van der Waals surface area contributed by atoms with Gasteiger partial charge in [-0.1, -0.05) is 12.1 Å². The summed E-state index contributed by atoms with van der Waals surface area (Å²) >= 11 is 0. The van der Waals surface area contributed by atoms with E-state index in [9.17, 15) is 31.4 Å². The van der Waals surface area contributed by atoms with E-state index in [1.807, 2.05) is 36.7 Å². The molecule has 8 nitrogen and oxygen atoms in total. The number of aliphatic hydroxyl groups excluding tert-OH is 1. The van der Waals surface area contributed by atoms with Crippen LogP contribution in [0.25, 0.3) is 0 Å². The van der Waals surface area contributed by atoms with E-state index in [1.165, 1.54) is 11.1 Å². The van der Waals surface area contributed by atoms with E-state index < -0.39 is 24.3 Å². The zero-order chi connectivity index (χ0) is 27.5. The van der Waals surface area contributed by atoms with Gasteiger partial charge in [-0.2, -0.15) is 26.3 Å². The molecule has 2 heterocycles. The van der Waals surface area contributed by atoms with Gasteiger partial charge in [0.05, 0.1) is 13.2 Å². The van der Waals surface area contributed by atoms with Crippen LogP contribution < -0.4 is 4.74 Å². The summed E-state index contributed by atoms with van der Waals surface area (Å²) in [6.45, 7) is 1.79. The van der Waals surface area contributed by atoms with E-state index in [1.54, 1.807) is 7.11 Å². The third kappa shape index (κ3) is 10.9. The molecule has 14 heteroatoms. The van der Waals surface area contributed by atoms with Gasteiger partial charge in [-0.3, -0.25) is 9.88 Å². The van der Waals surface area contributed by atoms with Crippen molar-refractivity contribution in [1.29, 1.82) is 0 Å². The monoisotopic (exact) mass is 526 g/mol. The number of carboxylic acid groups (broad SMARTS) is 2. The number of alkyl halides is 6. The molecule has 0 amide bonds. The van der Waals surface area contributed by atoms with Gasteiger partial charge >= 0.3 is 24.3 Å². The maximum Gasteiger partial charge on any atom is 0.490 e. The number of aromatic nitrogens is 1. The zero-order valence-electron chi connectivity index (χ0n) is 18.8. The van der Waals surface area contributed by atoms with Crippen molar-refractivity contribution in [1.82, 2.24) is 9.88 Å². The molecule has 0 saturated carbocycles. The second-order valence-corrected chi connectivity index (χ2v) is 7.41. The van der Waals surface area contributed by atoms with Crippen molar-refractivity contribution >= 4 is 11.9 Å². The third-order valence-electron chi connectivity index (χ3n) is 4.85. The van der Waals surface area contributed by atoms with Crippen LogP contribution in [0.2, 0.25) is 0 Å². The van der Waals surface area contributed by atoms with Gasteiger partial charge < -0.3 is 20.1 Å². The maximum absolute atomic E-state index is 10.6. The lowest BCUT2D eigenvalue weighted by molar-refractivity contribution is -0.193. The SMILES string of the molecule is COc1ccc(CN2CC[C@@H](O)[C@@H]2Cc2ccncc2)cc1.O=C(O)C(F)(F)F.O=C(O)C(F)(F)F. The number of aliphatic carboxylic acids is 2. The van der Waals surface area contributed by atoms with Gasteiger partial charge in [-0.25, -0.2) is 9.59 Å². The van der Waals surface area contributed by atoms with Crippen LogP contribution in [0, 0.1) is 0 Å². The first-order chi connectivity index (χ1) is 16.6. The minimum Gasteiger partial charge on any atom is -0.497 e. The molecular formula is C22H24F6N2O6. The minimum atomic E-state index is -5.08. The summed E-state index contributed by atoms with van der Waals surface area (Å²) in [5, 5.41) is 24.6. The Hall–Kier alpha value is -3.39. The average Bonchev–Trinajstić information content (AvgIpc) is 3.13. The first kappa shape index (κ1) is 30.6. The number of ether oxygens (including phenoxy) is 1. The molecule has 2 aromatic rings. The number of hydrogen-bond acceptors (Lipinski definition) is 6. The second-order valence-electron chi connectivity index (χ2n) is 7.41. The number of aliphatic hydroxyl groups is 1. The number of methoxy groups -OCH3 is 1. The van der Waals surface area contributed by atoms with Crippen molar-refractivity contribution < 1.29 is 56.0 Å². The molecule has 36 heavy (non-hydrogen) atoms. The molecule has 0 aliphatic carbocycles. The summed E-state index contributed by atoms with van der Waals surface area (Å²) in [5.41, 5.74) is 2.47. The molecule has 2 atom stereocenters. The van der Waals surface area contributed by atoms with Crippen molar-refractivity contribution in [2.45, 2.75) is 43.9 Å². The number of carboxylic acids is 2. The standard InChI is InChI=1S/C18H22N2O2.2C2HF3O2/c1-22-16-4-2-15(3-5-16)13-20-11-8-18(21)17(20)12-14-6-9-19-10-7-14;2*3-2(4,5)1(6)7/h2-7,9-10,17-18,21H,8,11-13H2,1H3;2*(H,6,7)/t17-,18+;;/m0../s1. The minimum absolute atomic E-state index is 0.171. The average molecular weight is 526 g/mol. The number of pyridine rings is 1. The van der Waals surface area contributed by atoms with E-state index in [0.717, 1.165) is 31.7 Å². The fourth-order valence-corrected chi connectivity index (χ4v) is 3.09. The predicted octanol–water partition coefficient (Wildman–Crippen LogP) is 3.53. The van der Waals surface area contributed by atoms with Crippen molar-refractivity contribution in [3.8, 4) is 5.75 Å². The number of benzene rings is 1. The fraction of sp³-hybridized carbons (Fsp3) is 0.409. The normalized spacial score (nSPS) is 17.8. The van der Waals surface area contributed by atoms with Crippen LogP contribution in [0.5, 0.6) is 5.75 Å². The molecule has 1 saturated heterocycles. The van der Waals surface area contributed by atoms with Crippen molar-refractivity contribution in [3.05, 3.63) is 59.9 Å². The van der Waals surface area contributed by atoms with Gasteiger partial charge in [0.2, 0.25) is 0 Å². The van der Waals surface area contributed by atoms with Crippen LogP contribution in [0.4, 0.5) is 26.3 Å². The highest BCUT2D eigenvalue weighted by Gasteiger charge is 2.39. The Morgan fingerprint density at radius 2 is 1.42 bits per heavy atom. The number of nitrogens with zero attached hydrogens (tertiary/aromatic N) is 2. The Morgan fingerprint density at radius 1 is 0.944 bits per heavy atom. The Bertz CT molecular complexity index is 930. The molecule has 1 fully saturated rings. The summed E-state index contributed by atoms with van der Waals surface area (Å²) in [5.74, 6) is -4.64. The molecule has 1 aromatic carbocycles. The fourth-order valence-electron chi connectivity index (χ4n) is 3.09. The highest BCUT2D eigenvalue weighted by Crippen LogP contribution is 2.24. The van der Waals surface area contributed by atoms with Crippen LogP contribution in [0.1, 0.15) is 17.5 Å². The van der Waals surface area contributed by atoms with Gasteiger partial charge in [0.25, 0.3) is 0 Å². The zero-order valence-corrected chi connectivity index (χ0v) is 18.8. The molecule has 3 N–H and O–H groups in total. The molecule has 0 bridgehead atoms. The van der Waals surface area contributed by atoms with E-state index in [2.05, 4.69) is 22.0 Å². The summed E-state index contributed by atoms with van der Waals surface area (Å²) in [7, 11) is 1.68. The van der Waals surface area contributed by atoms with Crippen LogP contribution >= 0.6 is 0 Å². The smallest absolute Gasteiger partial charge is 0.490 e. The Labute approximate surface area is 201 Å². The largest absolute Gasteiger partial charge is 0.497 e. The van der Waals surface area contributed by atoms with E-state index in [0.29, 0.717) is 0 Å². The van der Waals surface area contributed by atoms with Gasteiger partial charge in [0.1, 0.15) is 5.75 Å². The predicted molar refractivity (Wildman–Crippen MR) is 113 cm³/mol. The molecule has 0 spiro atoms. The highest BCUT2D eigenvalue weighted by atomic mass is 19.4. The Kier molecular flexibility index (Phi) is 11.6. The molecule has 0 radical (unpaired) electrons. The van der Waals surface area contributed by atoms with E-state index in [4.69, 9.17) is 24.5 Å². The quantitative estimate of drug-likeness (QED) is 0.507. The molecule has 3 rings (SSSR count). The molecular weight excluding hydrogens is 502 g/mol. The first-order valence-corrected chi connectivity index (χ1v) is 10.2. The maximum atomic E-state index is 10.6. The topological polar surface area (TPSA) is 120 Å². The van der Waals surface area contributed by atoms with Crippen molar-refractivity contribution in [2.24, 2.45) is 0 Å². The molecule has 200 valence electrons. The van der Waals surface area contributed by atoms with Gasteiger partial charge in [0, 0.05) is 31.5 Å². The lowest BCUT2D eigenvalue weighted by Crippen LogP contribution is -2.36. The van der Waals surface area contributed by atoms with Crippen LogP contribution in [-0.4, -0.2) is 75.3 Å². The van der Waals surface area contributed by atoms with E-state index in [-0.39, 0.29) is 12.1 Å². The third-order valence-corrected chi connectivity index (χ3v) is 4.85. The number of halogens is 6. The van der Waals surface area contributed by atoms with Gasteiger partial charge in [0.15, 0.2) is 0 Å². The molecule has 0 unspecified atom stereocenters. The summed E-state index contributed by atoms with van der Waals surface area (Å²) < 4.78 is 68.7. The molecule has 1 aliphatic heterocycles. The van der Waals surface area contributed by atoms with Crippen molar-refractivity contribution in [2.75, 3.05) is 13.7 Å². The highest BCUT2D eigenvalue weighted by molar-refractivity contribution is 5.73. The van der Waals surface area contributed by atoms with Crippen LogP contribution in [-0.2, 0) is 22.6 Å². The molecule has 1 aromatic heterocycles. The van der Waals surface area contributed by atoms with Crippen LogP contribution in [0.3, 0.4) is 0 Å². The van der Waals surface area contributed by atoms with Crippen LogP contribution in [0.15, 0.2) is 48.8 Å². The first-order valence-electron chi connectivity index (χ1n) is 10.2. The van der Waals surface area contributed by atoms with Gasteiger partial charge in [-0.15, -0.1) is 0 Å². The number of likely N-dealkylation sites (tertiary alicyclic amines) is 1.